The maximum atomic E-state index is 6.10. The lowest BCUT2D eigenvalue weighted by Gasteiger charge is -2.05. The molecule has 0 bridgehead atoms. The van der Waals surface area contributed by atoms with Gasteiger partial charge in [-0.2, -0.15) is 5.10 Å². The van der Waals surface area contributed by atoms with Gasteiger partial charge in [0.05, 0.1) is 11.4 Å². The fourth-order valence-electron chi connectivity index (χ4n) is 1.75. The van der Waals surface area contributed by atoms with Crippen LogP contribution in [0.5, 0.6) is 0 Å². The van der Waals surface area contributed by atoms with Gasteiger partial charge in [-0.15, -0.1) is 0 Å². The number of nitrogen functional groups attached to an aromatic ring is 1. The highest BCUT2D eigenvalue weighted by Crippen LogP contribution is 2.21. The van der Waals surface area contributed by atoms with Gasteiger partial charge in [0.1, 0.15) is 5.82 Å². The molecule has 90 valence electrons. The average Bonchev–Trinajstić information content (AvgIpc) is 2.64. The molecule has 0 saturated carbocycles. The van der Waals surface area contributed by atoms with Gasteiger partial charge in [-0.25, -0.2) is 4.68 Å². The number of nitrogens with two attached hydrogens (primary N) is 1. The Hall–Kier alpha value is -1.48. The monoisotopic (exact) mass is 249 g/mol. The summed E-state index contributed by atoms with van der Waals surface area (Å²) in [4.78, 5) is 0. The van der Waals surface area contributed by atoms with Crippen molar-refractivity contribution in [2.45, 2.75) is 26.7 Å². The van der Waals surface area contributed by atoms with Crippen molar-refractivity contribution in [3.05, 3.63) is 40.5 Å². The molecule has 1 aromatic carbocycles. The minimum atomic E-state index is 0.647. The largest absolute Gasteiger partial charge is 0.384 e. The second-order valence-electron chi connectivity index (χ2n) is 4.16. The van der Waals surface area contributed by atoms with Gasteiger partial charge in [-0.1, -0.05) is 31.0 Å². The minimum absolute atomic E-state index is 0.647. The van der Waals surface area contributed by atoms with Crippen LogP contribution in [0.4, 0.5) is 5.82 Å². The highest BCUT2D eigenvalue weighted by atomic mass is 35.5. The molecule has 0 unspecified atom stereocenters. The summed E-state index contributed by atoms with van der Waals surface area (Å²) in [6.45, 7) is 4.10. The number of nitrogens with zero attached hydrogens (tertiary/aromatic N) is 2. The van der Waals surface area contributed by atoms with Crippen LogP contribution in [0.1, 0.15) is 24.6 Å². The van der Waals surface area contributed by atoms with E-state index in [4.69, 9.17) is 17.3 Å². The molecule has 1 aromatic heterocycles. The van der Waals surface area contributed by atoms with E-state index in [2.05, 4.69) is 12.0 Å². The van der Waals surface area contributed by atoms with Gasteiger partial charge >= 0.3 is 0 Å². The van der Waals surface area contributed by atoms with Crippen LogP contribution in [0.2, 0.25) is 5.02 Å². The summed E-state index contributed by atoms with van der Waals surface area (Å²) in [5, 5.41) is 5.20. The van der Waals surface area contributed by atoms with E-state index in [1.54, 1.807) is 4.68 Å². The molecule has 0 atom stereocenters. The number of anilines is 1. The van der Waals surface area contributed by atoms with Crippen molar-refractivity contribution in [2.24, 2.45) is 0 Å². The van der Waals surface area contributed by atoms with Gasteiger partial charge in [0, 0.05) is 11.1 Å². The number of aryl methyl sites for hydroxylation is 2. The highest BCUT2D eigenvalue weighted by molar-refractivity contribution is 6.31. The van der Waals surface area contributed by atoms with Crippen molar-refractivity contribution in [1.29, 1.82) is 0 Å². The second-order valence-corrected chi connectivity index (χ2v) is 4.56. The Kier molecular flexibility index (Phi) is 3.38. The van der Waals surface area contributed by atoms with Crippen LogP contribution in [-0.4, -0.2) is 9.78 Å². The lowest BCUT2D eigenvalue weighted by molar-refractivity contribution is 0.811. The van der Waals surface area contributed by atoms with Gasteiger partial charge in [0.15, 0.2) is 0 Å². The first-order chi connectivity index (χ1) is 8.11. The van der Waals surface area contributed by atoms with Crippen LogP contribution in [0.15, 0.2) is 24.3 Å². The van der Waals surface area contributed by atoms with E-state index in [1.807, 2.05) is 31.2 Å². The lowest BCUT2D eigenvalue weighted by Crippen LogP contribution is -2.02. The number of aromatic nitrogens is 2. The maximum absolute atomic E-state index is 6.10. The van der Waals surface area contributed by atoms with Crippen LogP contribution in [0, 0.1) is 6.92 Å². The topological polar surface area (TPSA) is 43.8 Å². The number of hydrogen-bond acceptors (Lipinski definition) is 2. The molecule has 0 aliphatic heterocycles. The first kappa shape index (κ1) is 12.0. The third-order valence-electron chi connectivity index (χ3n) is 2.69. The smallest absolute Gasteiger partial charge is 0.127 e. The zero-order chi connectivity index (χ0) is 12.4. The molecular formula is C13H16ClN3. The molecule has 4 heteroatoms. The van der Waals surface area contributed by atoms with E-state index >= 15 is 0 Å². The van der Waals surface area contributed by atoms with Gasteiger partial charge in [-0.05, 0) is 31.0 Å². The number of halogens is 1. The summed E-state index contributed by atoms with van der Waals surface area (Å²) in [5.74, 6) is 0.647. The SMILES string of the molecule is CCCc1cc(N)n(-c2ccc(C)c(Cl)c2)n1. The van der Waals surface area contributed by atoms with Crippen molar-refractivity contribution in [3.63, 3.8) is 0 Å². The predicted octanol–water partition coefficient (Wildman–Crippen LogP) is 3.37. The van der Waals surface area contributed by atoms with Crippen molar-refractivity contribution in [1.82, 2.24) is 9.78 Å². The summed E-state index contributed by atoms with van der Waals surface area (Å²) in [6, 6.07) is 7.74. The summed E-state index contributed by atoms with van der Waals surface area (Å²) in [7, 11) is 0. The van der Waals surface area contributed by atoms with Crippen LogP contribution in [0.3, 0.4) is 0 Å². The highest BCUT2D eigenvalue weighted by Gasteiger charge is 2.07. The molecule has 2 rings (SSSR count). The quantitative estimate of drug-likeness (QED) is 0.906. The first-order valence-corrected chi connectivity index (χ1v) is 6.10. The minimum Gasteiger partial charge on any atom is -0.384 e. The number of rotatable bonds is 3. The van der Waals surface area contributed by atoms with Crippen LogP contribution >= 0.6 is 11.6 Å². The van der Waals surface area contributed by atoms with E-state index < -0.39 is 0 Å². The molecule has 0 aliphatic carbocycles. The molecule has 0 spiro atoms. The van der Waals surface area contributed by atoms with Crippen LogP contribution in [-0.2, 0) is 6.42 Å². The summed E-state index contributed by atoms with van der Waals surface area (Å²) in [6.07, 6.45) is 2.00. The van der Waals surface area contributed by atoms with Crippen molar-refractivity contribution >= 4 is 17.4 Å². The van der Waals surface area contributed by atoms with Gasteiger partial charge in [0.25, 0.3) is 0 Å². The van der Waals surface area contributed by atoms with E-state index in [-0.39, 0.29) is 0 Å². The van der Waals surface area contributed by atoms with Crippen LogP contribution in [0.25, 0.3) is 5.69 Å². The Morgan fingerprint density at radius 1 is 1.35 bits per heavy atom. The van der Waals surface area contributed by atoms with Crippen LogP contribution < -0.4 is 5.73 Å². The molecule has 2 aromatic rings. The zero-order valence-corrected chi connectivity index (χ0v) is 10.8. The van der Waals surface area contributed by atoms with E-state index in [9.17, 15) is 0 Å². The van der Waals surface area contributed by atoms with Crippen molar-refractivity contribution in [2.75, 3.05) is 5.73 Å². The Labute approximate surface area is 106 Å². The Bertz CT molecular complexity index is 531. The zero-order valence-electron chi connectivity index (χ0n) is 10.1. The summed E-state index contributed by atoms with van der Waals surface area (Å²) in [5.41, 5.74) is 8.92. The molecule has 17 heavy (non-hydrogen) atoms. The fraction of sp³-hybridized carbons (Fsp3) is 0.308. The summed E-state index contributed by atoms with van der Waals surface area (Å²) < 4.78 is 1.73. The third kappa shape index (κ3) is 2.44. The molecule has 2 N–H and O–H groups in total. The molecule has 0 radical (unpaired) electrons. The number of benzene rings is 1. The molecule has 0 aliphatic rings. The normalized spacial score (nSPS) is 10.8. The summed E-state index contributed by atoms with van der Waals surface area (Å²) >= 11 is 6.10. The van der Waals surface area contributed by atoms with Crippen molar-refractivity contribution < 1.29 is 0 Å². The molecule has 0 saturated heterocycles. The third-order valence-corrected chi connectivity index (χ3v) is 3.10. The Balaban J connectivity index is 2.41. The maximum Gasteiger partial charge on any atom is 0.127 e. The Morgan fingerprint density at radius 3 is 2.76 bits per heavy atom. The predicted molar refractivity (Wildman–Crippen MR) is 71.7 cm³/mol. The van der Waals surface area contributed by atoms with E-state index in [0.717, 1.165) is 34.8 Å². The molecule has 0 amide bonds. The van der Waals surface area contributed by atoms with Gasteiger partial charge in [-0.3, -0.25) is 0 Å². The second kappa shape index (κ2) is 4.80. The lowest BCUT2D eigenvalue weighted by atomic mass is 10.2. The Morgan fingerprint density at radius 2 is 2.12 bits per heavy atom. The fourth-order valence-corrected chi connectivity index (χ4v) is 1.92. The van der Waals surface area contributed by atoms with E-state index in [1.165, 1.54) is 0 Å². The van der Waals surface area contributed by atoms with Crippen molar-refractivity contribution in [3.8, 4) is 5.69 Å². The molecule has 0 fully saturated rings. The van der Waals surface area contributed by atoms with Gasteiger partial charge < -0.3 is 5.73 Å². The van der Waals surface area contributed by atoms with E-state index in [0.29, 0.717) is 5.82 Å². The average molecular weight is 250 g/mol. The molecular weight excluding hydrogens is 234 g/mol. The number of hydrogen-bond donors (Lipinski definition) is 1. The van der Waals surface area contributed by atoms with Gasteiger partial charge in [0.2, 0.25) is 0 Å². The first-order valence-electron chi connectivity index (χ1n) is 5.72. The standard InChI is InChI=1S/C13H16ClN3/c1-3-4-10-7-13(15)17(16-10)11-6-5-9(2)12(14)8-11/h5-8H,3-4,15H2,1-2H3. The molecule has 1 heterocycles. The molecule has 3 nitrogen and oxygen atoms in total.